The molecule has 7 nitrogen and oxygen atoms in total. The van der Waals surface area contributed by atoms with Crippen molar-refractivity contribution in [3.8, 4) is 11.1 Å². The summed E-state index contributed by atoms with van der Waals surface area (Å²) in [6.07, 6.45) is -3.57. The second-order valence-corrected chi connectivity index (χ2v) is 11.5. The summed E-state index contributed by atoms with van der Waals surface area (Å²) in [4.78, 5) is 33.8. The highest BCUT2D eigenvalue weighted by molar-refractivity contribution is 7.99. The van der Waals surface area contributed by atoms with Crippen molar-refractivity contribution in [3.05, 3.63) is 51.3 Å². The summed E-state index contributed by atoms with van der Waals surface area (Å²) >= 11 is 2.12. The van der Waals surface area contributed by atoms with E-state index >= 15 is 0 Å². The lowest BCUT2D eigenvalue weighted by atomic mass is 9.97. The van der Waals surface area contributed by atoms with E-state index in [0.29, 0.717) is 0 Å². The fourth-order valence-corrected chi connectivity index (χ4v) is 7.63. The molecule has 3 aromatic rings. The summed E-state index contributed by atoms with van der Waals surface area (Å²) in [5.41, 5.74) is -1.76. The Labute approximate surface area is 230 Å². The van der Waals surface area contributed by atoms with Crippen LogP contribution in [0.15, 0.2) is 39.2 Å². The first-order valence-corrected chi connectivity index (χ1v) is 14.1. The van der Waals surface area contributed by atoms with Crippen LogP contribution in [0.4, 0.5) is 23.4 Å². The zero-order chi connectivity index (χ0) is 28.2. The Morgan fingerprint density at radius 3 is 2.51 bits per heavy atom. The van der Waals surface area contributed by atoms with Crippen molar-refractivity contribution >= 4 is 45.7 Å². The van der Waals surface area contributed by atoms with Gasteiger partial charge in [-0.25, -0.2) is 9.18 Å². The molecule has 0 unspecified atom stereocenters. The van der Waals surface area contributed by atoms with E-state index in [-0.39, 0.29) is 76.2 Å². The minimum Gasteiger partial charge on any atom is -0.383 e. The van der Waals surface area contributed by atoms with Crippen molar-refractivity contribution in [3.63, 3.8) is 0 Å². The molecule has 2 aliphatic rings. The number of methoxy groups -OCH3 is 1. The van der Waals surface area contributed by atoms with Crippen molar-refractivity contribution in [1.82, 2.24) is 14.5 Å². The van der Waals surface area contributed by atoms with Gasteiger partial charge in [0, 0.05) is 70.2 Å². The molecule has 5 rings (SSSR count). The minimum atomic E-state index is -4.80. The van der Waals surface area contributed by atoms with Crippen LogP contribution in [0.2, 0.25) is 0 Å². The van der Waals surface area contributed by atoms with Crippen molar-refractivity contribution in [2.24, 2.45) is 0 Å². The lowest BCUT2D eigenvalue weighted by Crippen LogP contribution is -2.58. The standard InChI is InChI=1S/C26H26F4N4O3S2/c1-5-20(35)33-13(2)7-32(8-14(33)3)24-16-6-18(26(28,29)30)21(17-11-38-12-19(17)27)23-22(16)34(25(36)31-24)15(9-37-4)10-39-23/h5-6,11-15H,1,7-10H2,2-4H3/t13-,14+,15-/m0/s1. The number of piperazine rings is 1. The van der Waals surface area contributed by atoms with Gasteiger partial charge < -0.3 is 14.5 Å². The third kappa shape index (κ3) is 4.63. The molecule has 1 aromatic carbocycles. The van der Waals surface area contributed by atoms with Crippen LogP contribution in [0.25, 0.3) is 22.0 Å². The first-order chi connectivity index (χ1) is 18.5. The monoisotopic (exact) mass is 582 g/mol. The number of hydrogen-bond acceptors (Lipinski definition) is 7. The number of ether oxygens (including phenoxy) is 1. The van der Waals surface area contributed by atoms with Crippen molar-refractivity contribution in [1.29, 1.82) is 0 Å². The molecule has 0 saturated carbocycles. The van der Waals surface area contributed by atoms with E-state index in [4.69, 9.17) is 4.74 Å². The molecule has 0 N–H and O–H groups in total. The van der Waals surface area contributed by atoms with E-state index in [0.717, 1.165) is 34.5 Å². The summed E-state index contributed by atoms with van der Waals surface area (Å²) in [5, 5.41) is 2.66. The predicted molar refractivity (Wildman–Crippen MR) is 144 cm³/mol. The van der Waals surface area contributed by atoms with Gasteiger partial charge in [0.1, 0.15) is 11.6 Å². The highest BCUT2D eigenvalue weighted by atomic mass is 32.2. The van der Waals surface area contributed by atoms with Crippen LogP contribution in [0.3, 0.4) is 0 Å². The number of carbonyl (C=O) groups is 1. The highest BCUT2D eigenvalue weighted by Gasteiger charge is 2.41. The summed E-state index contributed by atoms with van der Waals surface area (Å²) in [6.45, 7) is 7.86. The fourth-order valence-electron chi connectivity index (χ4n) is 5.63. The largest absolute Gasteiger partial charge is 0.417 e. The molecule has 0 bridgehead atoms. The molecule has 3 atom stereocenters. The quantitative estimate of drug-likeness (QED) is 0.305. The van der Waals surface area contributed by atoms with E-state index in [1.165, 1.54) is 23.1 Å². The number of alkyl halides is 3. The maximum absolute atomic E-state index is 14.8. The van der Waals surface area contributed by atoms with Gasteiger partial charge in [-0.15, -0.1) is 23.1 Å². The van der Waals surface area contributed by atoms with Crippen LogP contribution in [-0.2, 0) is 15.7 Å². The summed E-state index contributed by atoms with van der Waals surface area (Å²) in [6, 6.07) is -0.123. The number of thiophene rings is 1. The average molecular weight is 583 g/mol. The summed E-state index contributed by atoms with van der Waals surface area (Å²) < 4.78 is 65.2. The van der Waals surface area contributed by atoms with Crippen LogP contribution in [0.5, 0.6) is 0 Å². The Morgan fingerprint density at radius 1 is 1.26 bits per heavy atom. The molecule has 2 aliphatic heterocycles. The summed E-state index contributed by atoms with van der Waals surface area (Å²) in [5.74, 6) is -0.638. The zero-order valence-corrected chi connectivity index (χ0v) is 23.1. The lowest BCUT2D eigenvalue weighted by Gasteiger charge is -2.45. The second-order valence-electron chi connectivity index (χ2n) is 9.72. The first kappa shape index (κ1) is 27.7. The van der Waals surface area contributed by atoms with Gasteiger partial charge in [0.15, 0.2) is 0 Å². The van der Waals surface area contributed by atoms with E-state index < -0.39 is 29.3 Å². The van der Waals surface area contributed by atoms with Gasteiger partial charge in [-0.2, -0.15) is 18.2 Å². The minimum absolute atomic E-state index is 0.110. The normalized spacial score (nSPS) is 21.5. The van der Waals surface area contributed by atoms with Crippen molar-refractivity contribution < 1.29 is 27.1 Å². The molecule has 0 spiro atoms. The van der Waals surface area contributed by atoms with Gasteiger partial charge >= 0.3 is 11.9 Å². The Morgan fingerprint density at radius 2 is 1.95 bits per heavy atom. The van der Waals surface area contributed by atoms with Crippen LogP contribution in [0.1, 0.15) is 25.5 Å². The number of aromatic nitrogens is 2. The van der Waals surface area contributed by atoms with Crippen LogP contribution in [0, 0.1) is 5.82 Å². The molecule has 39 heavy (non-hydrogen) atoms. The number of carbonyl (C=O) groups excluding carboxylic acids is 1. The molecule has 1 fully saturated rings. The maximum Gasteiger partial charge on any atom is 0.417 e. The molecule has 208 valence electrons. The molecule has 2 aromatic heterocycles. The van der Waals surface area contributed by atoms with Gasteiger partial charge in [-0.1, -0.05) is 6.58 Å². The number of nitrogens with zero attached hydrogens (tertiary/aromatic N) is 4. The van der Waals surface area contributed by atoms with Crippen molar-refractivity contribution in [2.45, 2.75) is 43.0 Å². The van der Waals surface area contributed by atoms with Gasteiger partial charge in [-0.3, -0.25) is 9.36 Å². The number of amides is 1. The Hall–Kier alpha value is -2.90. The molecular formula is C26H26F4N4O3S2. The maximum atomic E-state index is 14.8. The highest BCUT2D eigenvalue weighted by Crippen LogP contribution is 2.50. The lowest BCUT2D eigenvalue weighted by molar-refractivity contribution is -0.137. The number of hydrogen-bond donors (Lipinski definition) is 0. The van der Waals surface area contributed by atoms with E-state index in [1.807, 2.05) is 13.8 Å². The topological polar surface area (TPSA) is 67.7 Å². The Bertz CT molecular complexity index is 1510. The third-order valence-corrected chi connectivity index (χ3v) is 9.08. The van der Waals surface area contributed by atoms with Crippen molar-refractivity contribution in [2.75, 3.05) is 37.5 Å². The molecule has 1 saturated heterocycles. The first-order valence-electron chi connectivity index (χ1n) is 12.2. The van der Waals surface area contributed by atoms with Crippen LogP contribution in [-0.4, -0.2) is 65.0 Å². The van der Waals surface area contributed by atoms with Gasteiger partial charge in [0.25, 0.3) is 0 Å². The van der Waals surface area contributed by atoms with Gasteiger partial charge in [0.05, 0.1) is 23.7 Å². The molecule has 0 radical (unpaired) electrons. The smallest absolute Gasteiger partial charge is 0.383 e. The SMILES string of the molecule is C=CC(=O)N1[C@H](C)CN(c2nc(=O)n3c4c(c(-c5cscc5F)c(C(F)(F)F)cc24)SC[C@@H]3COC)C[C@@H]1C. The van der Waals surface area contributed by atoms with Crippen LogP contribution >= 0.6 is 23.1 Å². The Balaban J connectivity index is 1.81. The molecular weight excluding hydrogens is 556 g/mol. The number of anilines is 1. The Kier molecular flexibility index (Phi) is 7.27. The van der Waals surface area contributed by atoms with Crippen LogP contribution < -0.4 is 10.6 Å². The number of halogens is 4. The second kappa shape index (κ2) is 10.3. The molecule has 0 aliphatic carbocycles. The molecule has 13 heteroatoms. The number of thioether (sulfide) groups is 1. The average Bonchev–Trinajstić information content (AvgIpc) is 3.30. The van der Waals surface area contributed by atoms with Gasteiger partial charge in [-0.05, 0) is 26.0 Å². The van der Waals surface area contributed by atoms with E-state index in [9.17, 15) is 27.2 Å². The van der Waals surface area contributed by atoms with Gasteiger partial charge in [0.2, 0.25) is 5.91 Å². The third-order valence-electron chi connectivity index (χ3n) is 7.13. The fraction of sp³-hybridized carbons (Fsp3) is 0.423. The molecule has 1 amide bonds. The zero-order valence-electron chi connectivity index (χ0n) is 21.4. The summed E-state index contributed by atoms with van der Waals surface area (Å²) in [7, 11) is 1.48. The predicted octanol–water partition coefficient (Wildman–Crippen LogP) is 5.19. The number of rotatable bonds is 5. The number of benzene rings is 1. The van der Waals surface area contributed by atoms with E-state index in [2.05, 4.69) is 11.6 Å². The molecule has 4 heterocycles. The van der Waals surface area contributed by atoms with E-state index in [1.54, 1.807) is 9.80 Å².